The van der Waals surface area contributed by atoms with E-state index < -0.39 is 0 Å². The van der Waals surface area contributed by atoms with Gasteiger partial charge in [-0.2, -0.15) is 0 Å². The molecular formula is C31H30N4O3S. The quantitative estimate of drug-likeness (QED) is 0.256. The number of hydrogen-bond donors (Lipinski definition) is 2. The Bertz CT molecular complexity index is 1540. The van der Waals surface area contributed by atoms with Crippen molar-refractivity contribution in [3.8, 4) is 5.75 Å². The van der Waals surface area contributed by atoms with Crippen LogP contribution in [-0.4, -0.2) is 26.3 Å². The third-order valence-electron chi connectivity index (χ3n) is 7.75. The second-order valence-corrected chi connectivity index (χ2v) is 11.3. The fraction of sp³-hybridized carbons (Fsp3) is 0.258. The monoisotopic (exact) mass is 538 g/mol. The molecule has 39 heavy (non-hydrogen) atoms. The molecule has 0 amide bonds. The molecular weight excluding hydrogens is 508 g/mol. The van der Waals surface area contributed by atoms with Crippen molar-refractivity contribution in [2.45, 2.75) is 51.7 Å². The van der Waals surface area contributed by atoms with Gasteiger partial charge in [0.2, 0.25) is 0 Å². The van der Waals surface area contributed by atoms with Crippen molar-refractivity contribution in [3.63, 3.8) is 0 Å². The van der Waals surface area contributed by atoms with Crippen LogP contribution in [0.2, 0.25) is 0 Å². The molecule has 1 aliphatic carbocycles. The van der Waals surface area contributed by atoms with Crippen LogP contribution in [0, 0.1) is 24.0 Å². The summed E-state index contributed by atoms with van der Waals surface area (Å²) in [5.74, 6) is 0.270. The molecule has 3 aliphatic rings. The number of nitrogens with one attached hydrogen (secondary N) is 1. The Morgan fingerprint density at radius 2 is 1.82 bits per heavy atom. The number of anilines is 1. The molecule has 2 heterocycles. The van der Waals surface area contributed by atoms with Crippen molar-refractivity contribution >= 4 is 34.4 Å². The zero-order chi connectivity index (χ0) is 27.1. The van der Waals surface area contributed by atoms with Gasteiger partial charge in [-0.05, 0) is 86.1 Å². The van der Waals surface area contributed by atoms with E-state index >= 15 is 0 Å². The third kappa shape index (κ3) is 4.81. The van der Waals surface area contributed by atoms with Crippen molar-refractivity contribution in [1.82, 2.24) is 4.90 Å². The third-order valence-corrected chi connectivity index (χ3v) is 8.81. The van der Waals surface area contributed by atoms with Crippen molar-refractivity contribution in [1.29, 1.82) is 0 Å². The van der Waals surface area contributed by atoms with Crippen LogP contribution in [0.15, 0.2) is 87.9 Å². The molecule has 0 saturated carbocycles. The van der Waals surface area contributed by atoms with Gasteiger partial charge in [0.15, 0.2) is 5.17 Å². The molecule has 2 N–H and O–H groups in total. The number of nitro groups is 1. The molecule has 3 aromatic carbocycles. The number of aliphatic imine (C=N–C) groups is 1. The molecule has 3 aromatic rings. The largest absolute Gasteiger partial charge is 0.508 e. The summed E-state index contributed by atoms with van der Waals surface area (Å²) in [7, 11) is 0. The van der Waals surface area contributed by atoms with E-state index in [4.69, 9.17) is 4.99 Å². The van der Waals surface area contributed by atoms with Gasteiger partial charge in [-0.25, -0.2) is 4.99 Å². The summed E-state index contributed by atoms with van der Waals surface area (Å²) < 4.78 is 0. The Kier molecular flexibility index (Phi) is 6.64. The molecule has 0 aromatic heterocycles. The van der Waals surface area contributed by atoms with E-state index in [2.05, 4.69) is 48.3 Å². The highest BCUT2D eigenvalue weighted by atomic mass is 32.2. The summed E-state index contributed by atoms with van der Waals surface area (Å²) in [6, 6.07) is 20.4. The Morgan fingerprint density at radius 1 is 1.05 bits per heavy atom. The molecule has 8 heteroatoms. The van der Waals surface area contributed by atoms with Crippen LogP contribution in [-0.2, 0) is 0 Å². The van der Waals surface area contributed by atoms with E-state index in [0.717, 1.165) is 58.3 Å². The number of para-hydroxylation sites is 1. The van der Waals surface area contributed by atoms with E-state index in [9.17, 15) is 15.2 Å². The summed E-state index contributed by atoms with van der Waals surface area (Å²) in [5, 5.41) is 26.8. The van der Waals surface area contributed by atoms with E-state index in [1.807, 2.05) is 18.2 Å². The van der Waals surface area contributed by atoms with E-state index in [1.165, 1.54) is 28.8 Å². The summed E-state index contributed by atoms with van der Waals surface area (Å²) in [5.41, 5.74) is 7.66. The van der Waals surface area contributed by atoms with Crippen molar-refractivity contribution in [2.24, 2.45) is 4.99 Å². The van der Waals surface area contributed by atoms with Crippen LogP contribution >= 0.6 is 11.8 Å². The predicted molar refractivity (Wildman–Crippen MR) is 158 cm³/mol. The number of allylic oxidation sites excluding steroid dienone is 1. The number of fused-ring (bicyclic) bond motifs is 1. The molecule has 1 saturated heterocycles. The second-order valence-electron chi connectivity index (χ2n) is 10.3. The molecule has 198 valence electrons. The molecule has 2 atom stereocenters. The minimum absolute atomic E-state index is 0.0524. The highest BCUT2D eigenvalue weighted by Crippen LogP contribution is 2.51. The number of nitro benzene ring substituents is 1. The number of amidine groups is 1. The standard InChI is InChI=1S/C31H30N4O3S/c1-19-11-12-21(17-20(19)2)18-28-30(32-22-13-15-23(16-14-22)35(37)38)34-29(25-8-4-6-10-27(25)36)24-7-3-5-9-26(24)33-31(34)39-28/h4,6,8,10-18,29-30,32,36H,3,5,7,9H2,1-2H3/b28-18-. The number of non-ortho nitro benzene ring substituents is 1. The lowest BCUT2D eigenvalue weighted by Crippen LogP contribution is -2.44. The van der Waals surface area contributed by atoms with Gasteiger partial charge in [-0.15, -0.1) is 0 Å². The predicted octanol–water partition coefficient (Wildman–Crippen LogP) is 7.68. The molecule has 0 bridgehead atoms. The van der Waals surface area contributed by atoms with Crippen LogP contribution in [0.4, 0.5) is 11.4 Å². The number of hydrogen-bond acceptors (Lipinski definition) is 7. The minimum Gasteiger partial charge on any atom is -0.508 e. The number of phenolic OH excluding ortho intramolecular Hbond substituents is 1. The topological polar surface area (TPSA) is 91.0 Å². The maximum Gasteiger partial charge on any atom is 0.269 e. The summed E-state index contributed by atoms with van der Waals surface area (Å²) in [6.45, 7) is 4.23. The first-order valence-electron chi connectivity index (χ1n) is 13.2. The van der Waals surface area contributed by atoms with Crippen molar-refractivity contribution in [3.05, 3.63) is 115 Å². The van der Waals surface area contributed by atoms with Crippen LogP contribution < -0.4 is 5.32 Å². The maximum absolute atomic E-state index is 11.2. The second kappa shape index (κ2) is 10.3. The van der Waals surface area contributed by atoms with Gasteiger partial charge in [-0.1, -0.05) is 48.2 Å². The number of aryl methyl sites for hydroxylation is 2. The molecule has 7 nitrogen and oxygen atoms in total. The minimum atomic E-state index is -0.388. The van der Waals surface area contributed by atoms with Crippen molar-refractivity contribution in [2.75, 3.05) is 5.32 Å². The number of benzene rings is 3. The van der Waals surface area contributed by atoms with Gasteiger partial charge in [-0.3, -0.25) is 10.1 Å². The van der Waals surface area contributed by atoms with Gasteiger partial charge < -0.3 is 15.3 Å². The fourth-order valence-corrected chi connectivity index (χ4v) is 6.74. The van der Waals surface area contributed by atoms with Crippen molar-refractivity contribution < 1.29 is 10.0 Å². The first-order valence-corrected chi connectivity index (χ1v) is 14.1. The lowest BCUT2D eigenvalue weighted by atomic mass is 9.85. The first-order chi connectivity index (χ1) is 18.9. The summed E-state index contributed by atoms with van der Waals surface area (Å²) in [6.07, 6.45) is 6.00. The molecule has 0 spiro atoms. The highest BCUT2D eigenvalue weighted by Gasteiger charge is 2.45. The molecule has 2 aliphatic heterocycles. The number of thioether (sulfide) groups is 1. The van der Waals surface area contributed by atoms with Gasteiger partial charge in [0, 0.05) is 34.0 Å². The Hall–Kier alpha value is -4.04. The van der Waals surface area contributed by atoms with Gasteiger partial charge in [0.1, 0.15) is 11.9 Å². The Labute approximate surface area is 232 Å². The lowest BCUT2D eigenvalue weighted by Gasteiger charge is -2.41. The SMILES string of the molecule is Cc1ccc(/C=C2\SC3=NC4=C(CCCC4)C(c4ccccc4O)N3C2Nc2ccc([N+](=O)[O-])cc2)cc1C. The van der Waals surface area contributed by atoms with Gasteiger partial charge in [0.05, 0.1) is 11.0 Å². The van der Waals surface area contributed by atoms with Crippen LogP contribution in [0.1, 0.15) is 54.0 Å². The van der Waals surface area contributed by atoms with E-state index in [0.29, 0.717) is 0 Å². The Balaban J connectivity index is 1.48. The Morgan fingerprint density at radius 3 is 2.56 bits per heavy atom. The number of rotatable bonds is 5. The number of aromatic hydroxyl groups is 1. The zero-order valence-corrected chi connectivity index (χ0v) is 22.7. The number of phenols is 1. The zero-order valence-electron chi connectivity index (χ0n) is 21.9. The molecule has 1 fully saturated rings. The fourth-order valence-electron chi connectivity index (χ4n) is 5.58. The highest BCUT2D eigenvalue weighted by molar-refractivity contribution is 8.17. The molecule has 2 unspecified atom stereocenters. The molecule has 6 rings (SSSR count). The maximum atomic E-state index is 11.2. The first kappa shape index (κ1) is 25.2. The number of nitrogens with zero attached hydrogens (tertiary/aromatic N) is 3. The van der Waals surface area contributed by atoms with Crippen LogP contribution in [0.25, 0.3) is 6.08 Å². The van der Waals surface area contributed by atoms with Gasteiger partial charge in [0.25, 0.3) is 5.69 Å². The van der Waals surface area contributed by atoms with Crippen LogP contribution in [0.5, 0.6) is 5.75 Å². The normalized spacial score (nSPS) is 21.4. The lowest BCUT2D eigenvalue weighted by molar-refractivity contribution is -0.384. The van der Waals surface area contributed by atoms with Crippen LogP contribution in [0.3, 0.4) is 0 Å². The summed E-state index contributed by atoms with van der Waals surface area (Å²) >= 11 is 1.65. The average Bonchev–Trinajstić information content (AvgIpc) is 3.26. The molecule has 0 radical (unpaired) electrons. The average molecular weight is 539 g/mol. The van der Waals surface area contributed by atoms with Gasteiger partial charge >= 0.3 is 0 Å². The summed E-state index contributed by atoms with van der Waals surface area (Å²) in [4.78, 5) is 19.4. The van der Waals surface area contributed by atoms with E-state index in [1.54, 1.807) is 30.0 Å². The van der Waals surface area contributed by atoms with E-state index in [-0.39, 0.29) is 28.6 Å². The smallest absolute Gasteiger partial charge is 0.269 e.